The molecular formula is C53H53BrN8O2S2. The smallest absolute Gasteiger partial charge is 0.141 e. The number of hydrogen-bond donors (Lipinski definition) is 4. The molecule has 4 aromatic heterocycles. The van der Waals surface area contributed by atoms with Crippen LogP contribution in [0.15, 0.2) is 125 Å². The molecule has 0 amide bonds. The van der Waals surface area contributed by atoms with Gasteiger partial charge in [0, 0.05) is 77.5 Å². The van der Waals surface area contributed by atoms with E-state index in [1.54, 1.807) is 35.3 Å². The molecular weight excluding hydrogens is 925 g/mol. The van der Waals surface area contributed by atoms with Crippen molar-refractivity contribution in [3.8, 4) is 22.3 Å². The van der Waals surface area contributed by atoms with Gasteiger partial charge < -0.3 is 30.6 Å². The van der Waals surface area contributed by atoms with Crippen LogP contribution in [-0.4, -0.2) is 80.6 Å². The number of piperidine rings is 2. The van der Waals surface area contributed by atoms with E-state index in [0.717, 1.165) is 101 Å². The average molecular weight is 978 g/mol. The quantitative estimate of drug-likeness (QED) is 0.117. The third kappa shape index (κ3) is 8.66. The number of aryl methyl sites for hydroxylation is 1. The summed E-state index contributed by atoms with van der Waals surface area (Å²) in [6, 6.07) is 34.8. The van der Waals surface area contributed by atoms with Gasteiger partial charge in [0.05, 0.1) is 35.1 Å². The molecule has 4 unspecified atom stereocenters. The van der Waals surface area contributed by atoms with E-state index < -0.39 is 0 Å². The Hall–Kier alpha value is -5.12. The maximum atomic E-state index is 10.6. The first-order valence-corrected chi connectivity index (χ1v) is 25.7. The lowest BCUT2D eigenvalue weighted by Crippen LogP contribution is -2.45. The standard InChI is InChI=1S/C27H28N4OS.C26H25BrN4OS/c1-17-6-8-18(9-7-17)22-15-33-27-24(22)26(28-16-29-27)31-12-10-20(11-13-31)30-25-21-5-3-2-4-19(21)14-23(25)32;27-18-7-5-16(6-8-18)21-14-33-26-23(21)25(28-15-29-26)31-11-9-19(10-12-31)30-24-20-4-2-1-3-17(20)13-22(24)32/h2-9,15-16,20,23,25,30,32H,10-14H2,1H3;1-8,14-15,19,22,24,30,32H,9-13H2. The largest absolute Gasteiger partial charge is 0.391 e. The van der Waals surface area contributed by atoms with Gasteiger partial charge >= 0.3 is 0 Å². The van der Waals surface area contributed by atoms with Crippen LogP contribution in [0.1, 0.15) is 65.6 Å². The summed E-state index contributed by atoms with van der Waals surface area (Å²) in [7, 11) is 0. The Morgan fingerprint density at radius 1 is 0.561 bits per heavy atom. The van der Waals surface area contributed by atoms with E-state index in [-0.39, 0.29) is 24.3 Å². The van der Waals surface area contributed by atoms with Gasteiger partial charge in [0.25, 0.3) is 0 Å². The van der Waals surface area contributed by atoms with Crippen molar-refractivity contribution in [2.24, 2.45) is 0 Å². The van der Waals surface area contributed by atoms with E-state index in [2.05, 4.69) is 161 Å². The highest BCUT2D eigenvalue weighted by atomic mass is 79.9. The number of benzene rings is 4. The maximum absolute atomic E-state index is 10.6. The van der Waals surface area contributed by atoms with Crippen molar-refractivity contribution in [1.82, 2.24) is 30.6 Å². The molecule has 2 fully saturated rings. The van der Waals surface area contributed by atoms with Crippen LogP contribution in [0.5, 0.6) is 0 Å². The first kappa shape index (κ1) is 43.5. The molecule has 2 aliphatic carbocycles. The van der Waals surface area contributed by atoms with Gasteiger partial charge in [0.15, 0.2) is 0 Å². The highest BCUT2D eigenvalue weighted by Crippen LogP contribution is 2.41. The van der Waals surface area contributed by atoms with E-state index in [0.29, 0.717) is 12.1 Å². The van der Waals surface area contributed by atoms with Crippen molar-refractivity contribution >= 4 is 70.7 Å². The van der Waals surface area contributed by atoms with Crippen LogP contribution < -0.4 is 20.4 Å². The van der Waals surface area contributed by atoms with Gasteiger partial charge in [-0.2, -0.15) is 0 Å². The van der Waals surface area contributed by atoms with Crippen LogP contribution in [0.3, 0.4) is 0 Å². The lowest BCUT2D eigenvalue weighted by atomic mass is 10.00. The van der Waals surface area contributed by atoms with Crippen molar-refractivity contribution in [3.05, 3.63) is 153 Å². The minimum atomic E-state index is -0.346. The number of aliphatic hydroxyl groups is 2. The highest BCUT2D eigenvalue weighted by Gasteiger charge is 2.35. The fraction of sp³-hybridized carbons (Fsp3) is 0.321. The molecule has 4 aromatic carbocycles. The van der Waals surface area contributed by atoms with Crippen molar-refractivity contribution in [1.29, 1.82) is 0 Å². The predicted molar refractivity (Wildman–Crippen MR) is 273 cm³/mol. The van der Waals surface area contributed by atoms with Gasteiger partial charge in [-0.1, -0.05) is 106 Å². The van der Waals surface area contributed by atoms with E-state index >= 15 is 0 Å². The van der Waals surface area contributed by atoms with E-state index in [1.807, 2.05) is 0 Å². The lowest BCUT2D eigenvalue weighted by Gasteiger charge is -2.35. The van der Waals surface area contributed by atoms with Gasteiger partial charge in [-0.25, -0.2) is 19.9 Å². The van der Waals surface area contributed by atoms with Gasteiger partial charge in [-0.3, -0.25) is 0 Å². The number of hydrogen-bond acceptors (Lipinski definition) is 12. The Balaban J connectivity index is 0.000000146. The number of thiophene rings is 2. The number of nitrogens with one attached hydrogen (secondary N) is 2. The zero-order chi connectivity index (χ0) is 44.7. The van der Waals surface area contributed by atoms with Crippen LogP contribution in [-0.2, 0) is 12.8 Å². The molecule has 0 bridgehead atoms. The summed E-state index contributed by atoms with van der Waals surface area (Å²) in [4.78, 5) is 25.4. The predicted octanol–water partition coefficient (Wildman–Crippen LogP) is 10.2. The van der Waals surface area contributed by atoms with Gasteiger partial charge in [-0.05, 0) is 78.1 Å². The van der Waals surface area contributed by atoms with E-state index in [1.165, 1.54) is 50.1 Å². The summed E-state index contributed by atoms with van der Waals surface area (Å²) in [6.45, 7) is 5.87. The summed E-state index contributed by atoms with van der Waals surface area (Å²) in [5, 5.41) is 35.5. The average Bonchev–Trinajstić information content (AvgIpc) is 4.14. The van der Waals surface area contributed by atoms with Crippen LogP contribution in [0, 0.1) is 6.92 Å². The molecule has 6 heterocycles. The Morgan fingerprint density at radius 3 is 1.44 bits per heavy atom. The molecule has 8 aromatic rings. The van der Waals surface area contributed by atoms with Crippen molar-refractivity contribution in [2.75, 3.05) is 36.0 Å². The van der Waals surface area contributed by atoms with Crippen molar-refractivity contribution in [2.45, 2.75) is 81.8 Å². The molecule has 0 radical (unpaired) electrons. The van der Waals surface area contributed by atoms with Gasteiger partial charge in [0.1, 0.15) is 34.0 Å². The topological polar surface area (TPSA) is 123 Å². The zero-order valence-corrected chi connectivity index (χ0v) is 40.1. The van der Waals surface area contributed by atoms with Crippen molar-refractivity contribution in [3.63, 3.8) is 0 Å². The molecule has 13 heteroatoms. The molecule has 4 N–H and O–H groups in total. The number of aliphatic hydroxyl groups excluding tert-OH is 2. The fourth-order valence-electron chi connectivity index (χ4n) is 10.6. The minimum absolute atomic E-state index is 0.0318. The normalized spacial score (nSPS) is 21.0. The molecule has 4 atom stereocenters. The molecule has 12 rings (SSSR count). The Kier molecular flexibility index (Phi) is 12.4. The first-order chi connectivity index (χ1) is 32.3. The molecule has 0 spiro atoms. The second-order valence-corrected chi connectivity index (χ2v) is 20.8. The summed E-state index contributed by atoms with van der Waals surface area (Å²) in [5.41, 5.74) is 11.1. The Bertz CT molecular complexity index is 2760. The molecule has 0 saturated carbocycles. The second kappa shape index (κ2) is 18.9. The molecule has 2 aliphatic heterocycles. The number of nitrogens with zero attached hydrogens (tertiary/aromatic N) is 6. The summed E-state index contributed by atoms with van der Waals surface area (Å²) in [5.74, 6) is 2.07. The van der Waals surface area contributed by atoms with E-state index in [9.17, 15) is 10.2 Å². The van der Waals surface area contributed by atoms with Crippen molar-refractivity contribution < 1.29 is 10.2 Å². The molecule has 2 saturated heterocycles. The van der Waals surface area contributed by atoms with E-state index in [4.69, 9.17) is 9.97 Å². The molecule has 4 aliphatic rings. The number of anilines is 2. The molecule has 10 nitrogen and oxygen atoms in total. The highest BCUT2D eigenvalue weighted by molar-refractivity contribution is 9.10. The zero-order valence-electron chi connectivity index (χ0n) is 36.9. The van der Waals surface area contributed by atoms with Gasteiger partial charge in [-0.15, -0.1) is 22.7 Å². The Morgan fingerprint density at radius 2 is 0.985 bits per heavy atom. The number of aromatic nitrogens is 4. The van der Waals surface area contributed by atoms with Crippen LogP contribution in [0.4, 0.5) is 11.6 Å². The fourth-order valence-corrected chi connectivity index (χ4v) is 12.6. The summed E-state index contributed by atoms with van der Waals surface area (Å²) >= 11 is 6.90. The third-order valence-electron chi connectivity index (χ3n) is 14.0. The maximum Gasteiger partial charge on any atom is 0.141 e. The minimum Gasteiger partial charge on any atom is -0.391 e. The monoisotopic (exact) mass is 976 g/mol. The number of fused-ring (bicyclic) bond motifs is 4. The van der Waals surface area contributed by atoms with Crippen LogP contribution in [0.25, 0.3) is 42.7 Å². The SMILES string of the molecule is Cc1ccc(-c2csc3ncnc(N4CCC(NC5c6ccccc6CC5O)CC4)c23)cc1.OC1Cc2ccccc2C1NC1CCN(c2ncnc3scc(-c4ccc(Br)cc4)c23)CC1. The number of rotatable bonds is 8. The van der Waals surface area contributed by atoms with Crippen LogP contribution >= 0.6 is 38.6 Å². The van der Waals surface area contributed by atoms with Gasteiger partial charge in [0.2, 0.25) is 0 Å². The number of halogens is 1. The molecule has 336 valence electrons. The first-order valence-electron chi connectivity index (χ1n) is 23.2. The Labute approximate surface area is 402 Å². The van der Waals surface area contributed by atoms with Crippen LogP contribution in [0.2, 0.25) is 0 Å². The summed E-state index contributed by atoms with van der Waals surface area (Å²) < 4.78 is 1.08. The summed E-state index contributed by atoms with van der Waals surface area (Å²) in [6.07, 6.45) is 8.28. The lowest BCUT2D eigenvalue weighted by molar-refractivity contribution is 0.131. The molecule has 66 heavy (non-hydrogen) atoms. The third-order valence-corrected chi connectivity index (χ3v) is 16.3. The second-order valence-electron chi connectivity index (χ2n) is 18.2.